The van der Waals surface area contributed by atoms with Gasteiger partial charge < -0.3 is 4.74 Å². The lowest BCUT2D eigenvalue weighted by atomic mass is 9.78. The fourth-order valence-corrected chi connectivity index (χ4v) is 5.35. The van der Waals surface area contributed by atoms with E-state index in [1.807, 2.05) is 12.1 Å². The average molecular weight is 541 g/mol. The van der Waals surface area contributed by atoms with Gasteiger partial charge in [-0.3, -0.25) is 0 Å². The van der Waals surface area contributed by atoms with E-state index < -0.39 is 17.3 Å². The number of aryl methyl sites for hydroxylation is 1. The van der Waals surface area contributed by atoms with Crippen molar-refractivity contribution in [3.8, 4) is 5.75 Å². The van der Waals surface area contributed by atoms with Gasteiger partial charge in [-0.1, -0.05) is 127 Å². The monoisotopic (exact) mass is 540 g/mol. The Morgan fingerprint density at radius 3 is 2.00 bits per heavy atom. The van der Waals surface area contributed by atoms with E-state index in [4.69, 9.17) is 4.74 Å². The number of hydrogen-bond acceptors (Lipinski definition) is 1. The van der Waals surface area contributed by atoms with Crippen LogP contribution in [0, 0.1) is 11.6 Å². The van der Waals surface area contributed by atoms with Crippen molar-refractivity contribution < 1.29 is 17.9 Å². The van der Waals surface area contributed by atoms with Crippen molar-refractivity contribution in [2.75, 3.05) is 6.61 Å². The molecule has 3 rings (SSSR count). The lowest BCUT2D eigenvalue weighted by Gasteiger charge is -2.30. The minimum atomic E-state index is -1.93. The van der Waals surface area contributed by atoms with Gasteiger partial charge in [-0.2, -0.15) is 4.39 Å². The molecule has 1 atom stereocenters. The Morgan fingerprint density at radius 1 is 0.718 bits per heavy atom. The number of hydrogen-bond donors (Lipinski definition) is 0. The van der Waals surface area contributed by atoms with Crippen molar-refractivity contribution in [2.24, 2.45) is 0 Å². The summed E-state index contributed by atoms with van der Waals surface area (Å²) in [5.74, 6) is -2.23. The number of halogens is 3. The molecular formula is C35H47F3O. The van der Waals surface area contributed by atoms with E-state index in [1.54, 1.807) is 30.4 Å². The zero-order valence-electron chi connectivity index (χ0n) is 24.1. The average Bonchev–Trinajstić information content (AvgIpc) is 2.95. The molecule has 1 nitrogen and oxygen atoms in total. The van der Waals surface area contributed by atoms with Crippen LogP contribution in [0.2, 0.25) is 0 Å². The lowest BCUT2D eigenvalue weighted by molar-refractivity contribution is 0.248. The number of benzene rings is 2. The molecule has 0 fully saturated rings. The van der Waals surface area contributed by atoms with Crippen molar-refractivity contribution in [1.82, 2.24) is 0 Å². The molecule has 0 bridgehead atoms. The maximum atomic E-state index is 16.6. The zero-order valence-corrected chi connectivity index (χ0v) is 24.1. The number of ether oxygens (including phenoxy) is 1. The largest absolute Gasteiger partial charge is 0.490 e. The first-order chi connectivity index (χ1) is 19.0. The van der Waals surface area contributed by atoms with Gasteiger partial charge in [0.05, 0.1) is 6.61 Å². The summed E-state index contributed by atoms with van der Waals surface area (Å²) in [7, 11) is 0. The van der Waals surface area contributed by atoms with Crippen LogP contribution in [0.25, 0.3) is 5.57 Å². The van der Waals surface area contributed by atoms with Crippen LogP contribution < -0.4 is 4.74 Å². The maximum Gasteiger partial charge on any atom is 0.201 e. The zero-order chi connectivity index (χ0) is 27.9. The van der Waals surface area contributed by atoms with Crippen LogP contribution in [0.4, 0.5) is 13.2 Å². The molecule has 1 aliphatic carbocycles. The Bertz CT molecular complexity index is 1060. The lowest BCUT2D eigenvalue weighted by Crippen LogP contribution is -2.24. The normalized spacial score (nSPS) is 16.9. The Labute approximate surface area is 234 Å². The molecule has 0 N–H and O–H groups in total. The second-order valence-corrected chi connectivity index (χ2v) is 10.9. The van der Waals surface area contributed by atoms with Gasteiger partial charge in [-0.25, -0.2) is 8.78 Å². The third-order valence-corrected chi connectivity index (χ3v) is 7.80. The summed E-state index contributed by atoms with van der Waals surface area (Å²) in [5.41, 5.74) is -0.204. The van der Waals surface area contributed by atoms with Crippen molar-refractivity contribution in [3.63, 3.8) is 0 Å². The molecular weight excluding hydrogens is 493 g/mol. The molecule has 0 saturated carbocycles. The second-order valence-electron chi connectivity index (χ2n) is 10.9. The van der Waals surface area contributed by atoms with Crippen LogP contribution in [-0.4, -0.2) is 6.61 Å². The smallest absolute Gasteiger partial charge is 0.201 e. The van der Waals surface area contributed by atoms with Crippen LogP contribution in [0.5, 0.6) is 5.75 Å². The van der Waals surface area contributed by atoms with Gasteiger partial charge in [-0.15, -0.1) is 0 Å². The molecule has 1 aliphatic rings. The topological polar surface area (TPSA) is 9.23 Å². The summed E-state index contributed by atoms with van der Waals surface area (Å²) in [4.78, 5) is 0. The molecule has 39 heavy (non-hydrogen) atoms. The summed E-state index contributed by atoms with van der Waals surface area (Å²) in [5, 5.41) is 0. The van der Waals surface area contributed by atoms with E-state index in [2.05, 4.69) is 13.8 Å². The SMILES string of the molecule is CCCCCCCCCc1ccc(C2(F)CC=CC=C2c2ccc(OCCCCCCCC)c(F)c2F)cc1. The van der Waals surface area contributed by atoms with Gasteiger partial charge in [-0.05, 0) is 42.5 Å². The number of allylic oxidation sites excluding steroid dienone is 4. The van der Waals surface area contributed by atoms with Crippen LogP contribution in [0.1, 0.15) is 120 Å². The van der Waals surface area contributed by atoms with Gasteiger partial charge >= 0.3 is 0 Å². The van der Waals surface area contributed by atoms with Gasteiger partial charge in [0.2, 0.25) is 5.82 Å². The molecule has 0 heterocycles. The molecule has 4 heteroatoms. The summed E-state index contributed by atoms with van der Waals surface area (Å²) in [6.45, 7) is 4.74. The molecule has 0 saturated heterocycles. The van der Waals surface area contributed by atoms with Crippen molar-refractivity contribution in [3.05, 3.63) is 83.0 Å². The summed E-state index contributed by atoms with van der Waals surface area (Å²) in [6, 6.07) is 10.4. The quantitative estimate of drug-likeness (QED) is 0.171. The predicted octanol–water partition coefficient (Wildman–Crippen LogP) is 11.2. The Kier molecular flexibility index (Phi) is 13.2. The molecule has 0 aliphatic heterocycles. The second kappa shape index (κ2) is 16.6. The number of unbranched alkanes of at least 4 members (excludes halogenated alkanes) is 11. The van der Waals surface area contributed by atoms with Crippen molar-refractivity contribution >= 4 is 5.57 Å². The maximum absolute atomic E-state index is 16.6. The van der Waals surface area contributed by atoms with Crippen LogP contribution in [-0.2, 0) is 12.1 Å². The molecule has 0 aromatic heterocycles. The molecule has 1 unspecified atom stereocenters. The van der Waals surface area contributed by atoms with Crippen LogP contribution in [0.15, 0.2) is 54.6 Å². The van der Waals surface area contributed by atoms with Gasteiger partial charge in [0.1, 0.15) is 0 Å². The van der Waals surface area contributed by atoms with E-state index in [0.29, 0.717) is 12.2 Å². The molecule has 0 radical (unpaired) electrons. The van der Waals surface area contributed by atoms with E-state index >= 15 is 8.78 Å². The summed E-state index contributed by atoms with van der Waals surface area (Å²) < 4.78 is 52.4. The van der Waals surface area contributed by atoms with E-state index in [-0.39, 0.29) is 23.3 Å². The van der Waals surface area contributed by atoms with E-state index in [9.17, 15) is 4.39 Å². The first kappa shape index (κ1) is 31.0. The minimum absolute atomic E-state index is 0.0570. The minimum Gasteiger partial charge on any atom is -0.490 e. The summed E-state index contributed by atoms with van der Waals surface area (Å²) >= 11 is 0. The number of rotatable bonds is 18. The number of alkyl halides is 1. The highest BCUT2D eigenvalue weighted by Gasteiger charge is 2.39. The first-order valence-electron chi connectivity index (χ1n) is 15.3. The molecule has 2 aromatic rings. The van der Waals surface area contributed by atoms with Crippen molar-refractivity contribution in [2.45, 2.75) is 116 Å². The third-order valence-electron chi connectivity index (χ3n) is 7.80. The van der Waals surface area contributed by atoms with Gasteiger partial charge in [0.15, 0.2) is 17.2 Å². The van der Waals surface area contributed by atoms with Crippen LogP contribution >= 0.6 is 0 Å². The van der Waals surface area contributed by atoms with Crippen LogP contribution in [0.3, 0.4) is 0 Å². The van der Waals surface area contributed by atoms with E-state index in [1.165, 1.54) is 75.5 Å². The third kappa shape index (κ3) is 9.01. The Balaban J connectivity index is 1.62. The van der Waals surface area contributed by atoms with E-state index in [0.717, 1.165) is 32.1 Å². The fourth-order valence-electron chi connectivity index (χ4n) is 5.35. The molecule has 0 amide bonds. The first-order valence-corrected chi connectivity index (χ1v) is 15.3. The molecule has 0 spiro atoms. The molecule has 2 aromatic carbocycles. The molecule has 214 valence electrons. The highest BCUT2D eigenvalue weighted by molar-refractivity contribution is 5.77. The predicted molar refractivity (Wildman–Crippen MR) is 158 cm³/mol. The fraction of sp³-hybridized carbons (Fsp3) is 0.543. The highest BCUT2D eigenvalue weighted by atomic mass is 19.2. The Hall–Kier alpha value is -2.49. The highest BCUT2D eigenvalue weighted by Crippen LogP contribution is 2.46. The standard InChI is InChI=1S/C35H47F3O/c1-3-5-7-9-11-12-14-18-28-20-22-29(23-21-28)35(38)26-16-15-19-31(35)30-24-25-32(34(37)33(30)36)39-27-17-13-10-8-6-4-2/h15-16,19-25H,3-14,17-18,26-27H2,1-2H3. The van der Waals surface area contributed by atoms with Gasteiger partial charge in [0, 0.05) is 17.6 Å². The Morgan fingerprint density at radius 2 is 1.33 bits per heavy atom. The van der Waals surface area contributed by atoms with Gasteiger partial charge in [0.25, 0.3) is 0 Å². The summed E-state index contributed by atoms with van der Waals surface area (Å²) in [6.07, 6.45) is 21.3. The van der Waals surface area contributed by atoms with Crippen molar-refractivity contribution in [1.29, 1.82) is 0 Å².